The van der Waals surface area contributed by atoms with E-state index in [1.807, 2.05) is 43.0 Å². The van der Waals surface area contributed by atoms with Crippen LogP contribution in [0, 0.1) is 6.92 Å². The monoisotopic (exact) mass is 279 g/mol. The van der Waals surface area contributed by atoms with Gasteiger partial charge >= 0.3 is 0 Å². The molecule has 1 saturated heterocycles. The Bertz CT molecular complexity index is 424. The standard InChI is InChI=1S/C15H21NO2S/c1-12-2-4-13(5-3-12)10-14(17)16-11-15(18)6-8-19-9-7-15/h2-5,18H,6-11H2,1H3,(H,16,17). The highest BCUT2D eigenvalue weighted by molar-refractivity contribution is 7.99. The smallest absolute Gasteiger partial charge is 0.224 e. The third kappa shape index (κ3) is 4.55. The summed E-state index contributed by atoms with van der Waals surface area (Å²) >= 11 is 1.86. The summed E-state index contributed by atoms with van der Waals surface area (Å²) < 4.78 is 0. The molecule has 0 unspecified atom stereocenters. The van der Waals surface area contributed by atoms with Crippen molar-refractivity contribution in [3.8, 4) is 0 Å². The van der Waals surface area contributed by atoms with Gasteiger partial charge in [-0.2, -0.15) is 11.8 Å². The van der Waals surface area contributed by atoms with Gasteiger partial charge in [0.15, 0.2) is 0 Å². The Labute approximate surface area is 118 Å². The zero-order valence-corrected chi connectivity index (χ0v) is 12.1. The maximum atomic E-state index is 11.9. The van der Waals surface area contributed by atoms with Crippen molar-refractivity contribution in [2.75, 3.05) is 18.1 Å². The number of aliphatic hydroxyl groups is 1. The molecule has 0 saturated carbocycles. The molecule has 0 aliphatic carbocycles. The van der Waals surface area contributed by atoms with E-state index in [0.29, 0.717) is 13.0 Å². The first-order valence-electron chi connectivity index (χ1n) is 6.70. The predicted molar refractivity (Wildman–Crippen MR) is 79.4 cm³/mol. The van der Waals surface area contributed by atoms with Crippen LogP contribution in [0.3, 0.4) is 0 Å². The third-order valence-electron chi connectivity index (χ3n) is 3.52. The van der Waals surface area contributed by atoms with Gasteiger partial charge < -0.3 is 10.4 Å². The van der Waals surface area contributed by atoms with Crippen LogP contribution in [-0.4, -0.2) is 34.7 Å². The minimum absolute atomic E-state index is 0.0181. The van der Waals surface area contributed by atoms with Crippen LogP contribution in [0.15, 0.2) is 24.3 Å². The molecule has 1 aromatic carbocycles. The average molecular weight is 279 g/mol. The number of rotatable bonds is 4. The maximum absolute atomic E-state index is 11.9. The van der Waals surface area contributed by atoms with Gasteiger partial charge in [-0.05, 0) is 36.8 Å². The Hall–Kier alpha value is -1.00. The molecule has 0 radical (unpaired) electrons. The van der Waals surface area contributed by atoms with Gasteiger partial charge in [-0.15, -0.1) is 0 Å². The van der Waals surface area contributed by atoms with Gasteiger partial charge in [0, 0.05) is 6.54 Å². The summed E-state index contributed by atoms with van der Waals surface area (Å²) in [5.41, 5.74) is 1.50. The van der Waals surface area contributed by atoms with Crippen molar-refractivity contribution >= 4 is 17.7 Å². The number of carbonyl (C=O) groups excluding carboxylic acids is 1. The fraction of sp³-hybridized carbons (Fsp3) is 0.533. The Morgan fingerprint density at radius 3 is 2.58 bits per heavy atom. The minimum Gasteiger partial charge on any atom is -0.388 e. The van der Waals surface area contributed by atoms with Gasteiger partial charge in [0.25, 0.3) is 0 Å². The van der Waals surface area contributed by atoms with E-state index in [4.69, 9.17) is 0 Å². The molecule has 1 heterocycles. The zero-order valence-electron chi connectivity index (χ0n) is 11.3. The highest BCUT2D eigenvalue weighted by Crippen LogP contribution is 2.26. The van der Waals surface area contributed by atoms with Gasteiger partial charge in [-0.3, -0.25) is 4.79 Å². The second-order valence-corrected chi connectivity index (χ2v) is 6.50. The van der Waals surface area contributed by atoms with Crippen LogP contribution in [0.1, 0.15) is 24.0 Å². The van der Waals surface area contributed by atoms with Gasteiger partial charge in [-0.1, -0.05) is 29.8 Å². The molecule has 1 aliphatic heterocycles. The molecule has 19 heavy (non-hydrogen) atoms. The molecule has 2 N–H and O–H groups in total. The van der Waals surface area contributed by atoms with Crippen LogP contribution in [-0.2, 0) is 11.2 Å². The molecule has 1 aliphatic rings. The van der Waals surface area contributed by atoms with Crippen LogP contribution in [0.5, 0.6) is 0 Å². The fourth-order valence-corrected chi connectivity index (χ4v) is 3.40. The topological polar surface area (TPSA) is 49.3 Å². The average Bonchev–Trinajstić information content (AvgIpc) is 2.40. The summed E-state index contributed by atoms with van der Waals surface area (Å²) in [6, 6.07) is 7.96. The van der Waals surface area contributed by atoms with E-state index in [0.717, 1.165) is 29.9 Å². The van der Waals surface area contributed by atoms with E-state index >= 15 is 0 Å². The lowest BCUT2D eigenvalue weighted by molar-refractivity contribution is -0.121. The zero-order chi connectivity index (χ0) is 13.7. The van der Waals surface area contributed by atoms with Crippen molar-refractivity contribution in [3.63, 3.8) is 0 Å². The Morgan fingerprint density at radius 1 is 1.32 bits per heavy atom. The highest BCUT2D eigenvalue weighted by Gasteiger charge is 2.29. The molecule has 0 bridgehead atoms. The number of benzene rings is 1. The molecule has 2 rings (SSSR count). The second-order valence-electron chi connectivity index (χ2n) is 5.28. The van der Waals surface area contributed by atoms with Crippen molar-refractivity contribution in [2.24, 2.45) is 0 Å². The van der Waals surface area contributed by atoms with Crippen LogP contribution in [0.4, 0.5) is 0 Å². The molecular weight excluding hydrogens is 258 g/mol. The Kier molecular flexibility index (Phi) is 4.88. The van der Waals surface area contributed by atoms with E-state index in [1.165, 1.54) is 5.56 Å². The lowest BCUT2D eigenvalue weighted by atomic mass is 9.97. The largest absolute Gasteiger partial charge is 0.388 e. The number of amides is 1. The van der Waals surface area contributed by atoms with Gasteiger partial charge in [0.2, 0.25) is 5.91 Å². The van der Waals surface area contributed by atoms with Crippen molar-refractivity contribution in [3.05, 3.63) is 35.4 Å². The SMILES string of the molecule is Cc1ccc(CC(=O)NCC2(O)CCSCC2)cc1. The van der Waals surface area contributed by atoms with Crippen LogP contribution < -0.4 is 5.32 Å². The molecule has 1 amide bonds. The van der Waals surface area contributed by atoms with E-state index in [1.54, 1.807) is 0 Å². The normalized spacial score (nSPS) is 18.0. The molecule has 1 fully saturated rings. The Morgan fingerprint density at radius 2 is 1.95 bits per heavy atom. The first kappa shape index (κ1) is 14.4. The molecular formula is C15H21NO2S. The molecule has 4 heteroatoms. The first-order valence-corrected chi connectivity index (χ1v) is 7.85. The van der Waals surface area contributed by atoms with Gasteiger partial charge in [0.05, 0.1) is 12.0 Å². The van der Waals surface area contributed by atoms with Gasteiger partial charge in [-0.25, -0.2) is 0 Å². The summed E-state index contributed by atoms with van der Waals surface area (Å²) in [7, 11) is 0. The number of aryl methyl sites for hydroxylation is 1. The van der Waals surface area contributed by atoms with Crippen molar-refractivity contribution < 1.29 is 9.90 Å². The van der Waals surface area contributed by atoms with E-state index < -0.39 is 5.60 Å². The number of hydrogen-bond donors (Lipinski definition) is 2. The summed E-state index contributed by atoms with van der Waals surface area (Å²) in [5, 5.41) is 13.2. The van der Waals surface area contributed by atoms with E-state index in [-0.39, 0.29) is 5.91 Å². The molecule has 0 aromatic heterocycles. The second kappa shape index (κ2) is 6.44. The van der Waals surface area contributed by atoms with E-state index in [9.17, 15) is 9.90 Å². The lowest BCUT2D eigenvalue weighted by Crippen LogP contribution is -2.45. The number of carbonyl (C=O) groups is 1. The molecule has 1 aromatic rings. The van der Waals surface area contributed by atoms with Crippen LogP contribution >= 0.6 is 11.8 Å². The summed E-state index contributed by atoms with van der Waals surface area (Å²) in [6.07, 6.45) is 1.91. The first-order chi connectivity index (χ1) is 9.07. The number of nitrogens with one attached hydrogen (secondary N) is 1. The highest BCUT2D eigenvalue weighted by atomic mass is 32.2. The minimum atomic E-state index is -0.700. The van der Waals surface area contributed by atoms with Crippen molar-refractivity contribution in [1.29, 1.82) is 0 Å². The Balaban J connectivity index is 1.79. The molecule has 104 valence electrons. The summed E-state index contributed by atoms with van der Waals surface area (Å²) in [6.45, 7) is 2.40. The number of hydrogen-bond acceptors (Lipinski definition) is 3. The van der Waals surface area contributed by atoms with E-state index in [2.05, 4.69) is 5.32 Å². The third-order valence-corrected chi connectivity index (χ3v) is 4.51. The summed E-state index contributed by atoms with van der Waals surface area (Å²) in [4.78, 5) is 11.9. The van der Waals surface area contributed by atoms with Crippen molar-refractivity contribution in [1.82, 2.24) is 5.32 Å². The van der Waals surface area contributed by atoms with Crippen molar-refractivity contribution in [2.45, 2.75) is 31.8 Å². The van der Waals surface area contributed by atoms with Gasteiger partial charge in [0.1, 0.15) is 0 Å². The maximum Gasteiger partial charge on any atom is 0.224 e. The summed E-state index contributed by atoms with van der Waals surface area (Å²) in [5.74, 6) is 1.93. The predicted octanol–water partition coefficient (Wildman–Crippen LogP) is 1.91. The fourth-order valence-electron chi connectivity index (χ4n) is 2.15. The number of thioether (sulfide) groups is 1. The molecule has 0 spiro atoms. The lowest BCUT2D eigenvalue weighted by Gasteiger charge is -2.31. The van der Waals surface area contributed by atoms with Crippen LogP contribution in [0.2, 0.25) is 0 Å². The molecule has 3 nitrogen and oxygen atoms in total. The van der Waals surface area contributed by atoms with Crippen LogP contribution in [0.25, 0.3) is 0 Å². The quantitative estimate of drug-likeness (QED) is 0.885. The molecule has 0 atom stereocenters.